The minimum Gasteiger partial charge on any atom is -0.394 e. The van der Waals surface area contributed by atoms with Gasteiger partial charge < -0.3 is 25.8 Å². The van der Waals surface area contributed by atoms with E-state index in [9.17, 15) is 28.5 Å². The summed E-state index contributed by atoms with van der Waals surface area (Å²) >= 11 is 0. The molecule has 3 aromatic rings. The van der Waals surface area contributed by atoms with E-state index in [2.05, 4.69) is 25.5 Å². The third-order valence-electron chi connectivity index (χ3n) is 4.86. The standard InChI is InChI=1S/C18H18F3N7O4/c19-18(20,21)9-3-1-8(2-4-9)5-24-27-17-25-14(22)11-15(26-17)28(7-23-11)16-13(31)12(30)10(6-29)32-16/h1-5,7,10,12-13,16,29-31H,6H2,(H3,22,25,26,27)/b24-5+. The quantitative estimate of drug-likeness (QED) is 0.273. The number of halogens is 3. The molecule has 0 spiro atoms. The van der Waals surface area contributed by atoms with Crippen LogP contribution in [0.2, 0.25) is 0 Å². The molecule has 32 heavy (non-hydrogen) atoms. The molecule has 6 N–H and O–H groups in total. The number of aliphatic hydroxyl groups is 3. The number of ether oxygens (including phenoxy) is 1. The Morgan fingerprint density at radius 2 is 1.91 bits per heavy atom. The van der Waals surface area contributed by atoms with E-state index in [0.29, 0.717) is 5.56 Å². The van der Waals surface area contributed by atoms with Gasteiger partial charge in [0.2, 0.25) is 5.95 Å². The lowest BCUT2D eigenvalue weighted by Crippen LogP contribution is -2.33. The maximum atomic E-state index is 12.6. The average molecular weight is 453 g/mol. The molecule has 1 aliphatic rings. The maximum absolute atomic E-state index is 12.6. The number of aliphatic hydroxyl groups excluding tert-OH is 3. The monoisotopic (exact) mass is 453 g/mol. The van der Waals surface area contributed by atoms with E-state index in [1.165, 1.54) is 29.2 Å². The number of rotatable bonds is 5. The van der Waals surface area contributed by atoms with Crippen LogP contribution in [0, 0.1) is 0 Å². The van der Waals surface area contributed by atoms with Crippen LogP contribution < -0.4 is 11.2 Å². The number of imidazole rings is 1. The van der Waals surface area contributed by atoms with Crippen LogP contribution in [0.25, 0.3) is 11.2 Å². The predicted molar refractivity (Wildman–Crippen MR) is 105 cm³/mol. The number of nitrogen functional groups attached to an aromatic ring is 1. The number of nitrogens with zero attached hydrogens (tertiary/aromatic N) is 5. The topological polar surface area (TPSA) is 164 Å². The first kappa shape index (κ1) is 21.9. The number of hydrogen-bond acceptors (Lipinski definition) is 10. The summed E-state index contributed by atoms with van der Waals surface area (Å²) in [7, 11) is 0. The highest BCUT2D eigenvalue weighted by atomic mass is 19.4. The molecule has 170 valence electrons. The van der Waals surface area contributed by atoms with Crippen molar-refractivity contribution in [2.24, 2.45) is 5.10 Å². The Kier molecular flexibility index (Phi) is 5.68. The summed E-state index contributed by atoms with van der Waals surface area (Å²) in [5.41, 5.74) is 8.43. The molecule has 0 radical (unpaired) electrons. The number of anilines is 2. The Morgan fingerprint density at radius 1 is 1.19 bits per heavy atom. The first-order valence-corrected chi connectivity index (χ1v) is 9.28. The molecule has 2 aromatic heterocycles. The maximum Gasteiger partial charge on any atom is 0.416 e. The second-order valence-electron chi connectivity index (χ2n) is 6.98. The van der Waals surface area contributed by atoms with Crippen molar-refractivity contribution in [3.63, 3.8) is 0 Å². The molecule has 0 aliphatic carbocycles. The molecule has 0 saturated carbocycles. The lowest BCUT2D eigenvalue weighted by Gasteiger charge is -2.16. The van der Waals surface area contributed by atoms with E-state index in [1.54, 1.807) is 0 Å². The van der Waals surface area contributed by atoms with Crippen LogP contribution in [0.5, 0.6) is 0 Å². The summed E-state index contributed by atoms with van der Waals surface area (Å²) in [4.78, 5) is 12.3. The Hall–Kier alpha value is -3.33. The van der Waals surface area contributed by atoms with Crippen LogP contribution in [0.4, 0.5) is 24.9 Å². The van der Waals surface area contributed by atoms with Gasteiger partial charge in [-0.3, -0.25) is 4.57 Å². The number of hydrogen-bond donors (Lipinski definition) is 5. The average Bonchev–Trinajstić information content (AvgIpc) is 3.29. The number of hydrazone groups is 1. The fraction of sp³-hybridized carbons (Fsp3) is 0.333. The van der Waals surface area contributed by atoms with E-state index in [0.717, 1.165) is 12.1 Å². The van der Waals surface area contributed by atoms with Gasteiger partial charge in [0.05, 0.1) is 24.7 Å². The molecule has 1 aromatic carbocycles. The number of aromatic nitrogens is 4. The fourth-order valence-corrected chi connectivity index (χ4v) is 3.21. The number of fused-ring (bicyclic) bond motifs is 1. The van der Waals surface area contributed by atoms with Crippen molar-refractivity contribution in [1.29, 1.82) is 0 Å². The summed E-state index contributed by atoms with van der Waals surface area (Å²) in [6.45, 7) is -0.496. The van der Waals surface area contributed by atoms with Crippen LogP contribution in [0.3, 0.4) is 0 Å². The summed E-state index contributed by atoms with van der Waals surface area (Å²) < 4.78 is 44.7. The second kappa shape index (κ2) is 8.31. The molecule has 4 unspecified atom stereocenters. The van der Waals surface area contributed by atoms with Crippen molar-refractivity contribution >= 4 is 29.1 Å². The third kappa shape index (κ3) is 4.08. The van der Waals surface area contributed by atoms with Gasteiger partial charge in [-0.2, -0.15) is 28.2 Å². The molecule has 4 rings (SSSR count). The Bertz CT molecular complexity index is 1140. The highest BCUT2D eigenvalue weighted by Gasteiger charge is 2.44. The zero-order valence-corrected chi connectivity index (χ0v) is 16.2. The molecule has 3 heterocycles. The van der Waals surface area contributed by atoms with Crippen molar-refractivity contribution < 1.29 is 33.2 Å². The van der Waals surface area contributed by atoms with Gasteiger partial charge in [-0.25, -0.2) is 10.4 Å². The molecule has 1 aliphatic heterocycles. The van der Waals surface area contributed by atoms with Crippen LogP contribution in [-0.2, 0) is 10.9 Å². The molecular formula is C18H18F3N7O4. The summed E-state index contributed by atoms with van der Waals surface area (Å²) in [6.07, 6.45) is -6.59. The van der Waals surface area contributed by atoms with Gasteiger partial charge in [0, 0.05) is 0 Å². The van der Waals surface area contributed by atoms with Gasteiger partial charge in [0.1, 0.15) is 23.8 Å². The highest BCUT2D eigenvalue weighted by molar-refractivity contribution is 5.83. The lowest BCUT2D eigenvalue weighted by molar-refractivity contribution is -0.137. The number of nitrogens with one attached hydrogen (secondary N) is 1. The van der Waals surface area contributed by atoms with Crippen LogP contribution >= 0.6 is 0 Å². The molecule has 0 amide bonds. The van der Waals surface area contributed by atoms with Gasteiger partial charge >= 0.3 is 6.18 Å². The normalized spacial score (nSPS) is 23.9. The van der Waals surface area contributed by atoms with Gasteiger partial charge in [-0.05, 0) is 17.7 Å². The lowest BCUT2D eigenvalue weighted by atomic mass is 10.1. The van der Waals surface area contributed by atoms with Crippen molar-refractivity contribution in [3.05, 3.63) is 41.7 Å². The molecular weight excluding hydrogens is 435 g/mol. The Morgan fingerprint density at radius 3 is 2.53 bits per heavy atom. The molecule has 14 heteroatoms. The fourth-order valence-electron chi connectivity index (χ4n) is 3.21. The minimum absolute atomic E-state index is 0.00674. The molecule has 1 fully saturated rings. The van der Waals surface area contributed by atoms with Crippen molar-refractivity contribution in [2.75, 3.05) is 17.8 Å². The SMILES string of the molecule is Nc1nc(N/N=C/c2ccc(C(F)(F)F)cc2)nc2c1ncn2C1OC(CO)C(O)C1O. The zero-order valence-electron chi connectivity index (χ0n) is 16.2. The van der Waals surface area contributed by atoms with E-state index in [1.807, 2.05) is 0 Å². The summed E-state index contributed by atoms with van der Waals surface area (Å²) in [5.74, 6) is -0.0561. The van der Waals surface area contributed by atoms with Crippen LogP contribution in [0.15, 0.2) is 35.7 Å². The van der Waals surface area contributed by atoms with Gasteiger partial charge in [0.15, 0.2) is 17.7 Å². The Labute approximate surface area is 178 Å². The number of benzene rings is 1. The highest BCUT2D eigenvalue weighted by Crippen LogP contribution is 2.32. The van der Waals surface area contributed by atoms with E-state index in [4.69, 9.17) is 10.5 Å². The van der Waals surface area contributed by atoms with Gasteiger partial charge in [0.25, 0.3) is 0 Å². The second-order valence-corrected chi connectivity index (χ2v) is 6.98. The number of alkyl halides is 3. The Balaban J connectivity index is 1.55. The zero-order chi connectivity index (χ0) is 23.0. The molecule has 11 nitrogen and oxygen atoms in total. The largest absolute Gasteiger partial charge is 0.416 e. The van der Waals surface area contributed by atoms with Crippen molar-refractivity contribution in [2.45, 2.75) is 30.7 Å². The first-order chi connectivity index (χ1) is 15.2. The predicted octanol–water partition coefficient (Wildman–Crippen LogP) is 0.485. The summed E-state index contributed by atoms with van der Waals surface area (Å²) in [5, 5.41) is 33.4. The molecule has 4 atom stereocenters. The van der Waals surface area contributed by atoms with Crippen LogP contribution in [0.1, 0.15) is 17.4 Å². The van der Waals surface area contributed by atoms with E-state index < -0.39 is 42.9 Å². The van der Waals surface area contributed by atoms with Crippen LogP contribution in [-0.4, -0.2) is 66.0 Å². The molecule has 0 bridgehead atoms. The minimum atomic E-state index is -4.43. The van der Waals surface area contributed by atoms with Gasteiger partial charge in [-0.15, -0.1) is 0 Å². The van der Waals surface area contributed by atoms with E-state index >= 15 is 0 Å². The van der Waals surface area contributed by atoms with Crippen molar-refractivity contribution in [1.82, 2.24) is 19.5 Å². The smallest absolute Gasteiger partial charge is 0.394 e. The summed E-state index contributed by atoms with van der Waals surface area (Å²) in [6, 6.07) is 4.37. The van der Waals surface area contributed by atoms with E-state index in [-0.39, 0.29) is 22.9 Å². The molecule has 1 saturated heterocycles. The number of nitrogens with two attached hydrogens (primary N) is 1. The van der Waals surface area contributed by atoms with Crippen molar-refractivity contribution in [3.8, 4) is 0 Å². The van der Waals surface area contributed by atoms with Gasteiger partial charge in [-0.1, -0.05) is 12.1 Å². The third-order valence-corrected chi connectivity index (χ3v) is 4.86. The first-order valence-electron chi connectivity index (χ1n) is 9.28.